The minimum Gasteiger partial charge on any atom is -0.471 e. The second-order valence-electron chi connectivity index (χ2n) is 8.10. The molecular formula is C24H31N3O3. The highest BCUT2D eigenvalue weighted by molar-refractivity contribution is 5.60. The molecule has 2 unspecified atom stereocenters. The van der Waals surface area contributed by atoms with E-state index >= 15 is 0 Å². The van der Waals surface area contributed by atoms with Gasteiger partial charge in [0.05, 0.1) is 12.2 Å². The van der Waals surface area contributed by atoms with Crippen molar-refractivity contribution in [3.05, 3.63) is 53.6 Å². The van der Waals surface area contributed by atoms with Crippen molar-refractivity contribution in [3.8, 4) is 5.75 Å². The van der Waals surface area contributed by atoms with E-state index in [2.05, 4.69) is 47.5 Å². The van der Waals surface area contributed by atoms with Crippen molar-refractivity contribution >= 4 is 17.7 Å². The van der Waals surface area contributed by atoms with E-state index in [1.54, 1.807) is 0 Å². The molecule has 6 heteroatoms. The summed E-state index contributed by atoms with van der Waals surface area (Å²) in [7, 11) is 0. The fourth-order valence-corrected chi connectivity index (χ4v) is 4.79. The Balaban J connectivity index is 1.45. The van der Waals surface area contributed by atoms with Gasteiger partial charge in [0, 0.05) is 24.8 Å². The Kier molecular flexibility index (Phi) is 6.55. The van der Waals surface area contributed by atoms with E-state index in [0.29, 0.717) is 25.2 Å². The molecule has 2 N–H and O–H groups in total. The molecule has 30 heavy (non-hydrogen) atoms. The van der Waals surface area contributed by atoms with Crippen LogP contribution >= 0.6 is 0 Å². The summed E-state index contributed by atoms with van der Waals surface area (Å²) in [5.41, 5.74) is 4.66. The first-order valence-corrected chi connectivity index (χ1v) is 10.9. The number of nitrogens with one attached hydrogen (secondary N) is 1. The maximum absolute atomic E-state index is 11.3. The predicted molar refractivity (Wildman–Crippen MR) is 119 cm³/mol. The van der Waals surface area contributed by atoms with Gasteiger partial charge in [-0.1, -0.05) is 31.2 Å². The summed E-state index contributed by atoms with van der Waals surface area (Å²) < 4.78 is 5.65. The first-order valence-electron chi connectivity index (χ1n) is 10.9. The third-order valence-electron chi connectivity index (χ3n) is 6.42. The van der Waals surface area contributed by atoms with Crippen molar-refractivity contribution in [2.75, 3.05) is 43.3 Å². The maximum Gasteiger partial charge on any atom is 0.159 e. The number of anilines is 2. The van der Waals surface area contributed by atoms with Crippen LogP contribution < -0.4 is 15.0 Å². The van der Waals surface area contributed by atoms with Crippen LogP contribution in [0.4, 0.5) is 11.4 Å². The van der Waals surface area contributed by atoms with Crippen LogP contribution in [-0.2, 0) is 11.2 Å². The third kappa shape index (κ3) is 4.30. The van der Waals surface area contributed by atoms with Gasteiger partial charge in [-0.05, 0) is 54.5 Å². The van der Waals surface area contributed by atoms with Crippen molar-refractivity contribution in [2.24, 2.45) is 0 Å². The molecule has 0 spiro atoms. The van der Waals surface area contributed by atoms with Crippen LogP contribution in [-0.4, -0.2) is 55.4 Å². The van der Waals surface area contributed by atoms with Crippen LogP contribution in [0.2, 0.25) is 0 Å². The van der Waals surface area contributed by atoms with E-state index in [4.69, 9.17) is 4.74 Å². The molecule has 0 amide bonds. The van der Waals surface area contributed by atoms with Gasteiger partial charge in [0.2, 0.25) is 0 Å². The predicted octanol–water partition coefficient (Wildman–Crippen LogP) is 3.21. The number of fused-ring (bicyclic) bond motifs is 1. The number of carbonyl (C=O) groups excluding carboxylic acids is 1. The fourth-order valence-electron chi connectivity index (χ4n) is 4.79. The molecule has 6 nitrogen and oxygen atoms in total. The van der Waals surface area contributed by atoms with Crippen LogP contribution in [0.15, 0.2) is 42.5 Å². The quantitative estimate of drug-likeness (QED) is 0.490. The SMILES string of the molecule is CCc1ccccc1N(CO)CCC1CC(c2ccc3c(c2)OCN3)CN1CC=O. The lowest BCUT2D eigenvalue weighted by Crippen LogP contribution is -2.35. The third-order valence-corrected chi connectivity index (χ3v) is 6.42. The van der Waals surface area contributed by atoms with E-state index < -0.39 is 0 Å². The first kappa shape index (κ1) is 20.7. The molecule has 2 aliphatic rings. The highest BCUT2D eigenvalue weighted by Gasteiger charge is 2.33. The summed E-state index contributed by atoms with van der Waals surface area (Å²) in [6, 6.07) is 15.0. The molecule has 0 aromatic heterocycles. The summed E-state index contributed by atoms with van der Waals surface area (Å²) in [5, 5.41) is 13.2. The molecule has 2 atom stereocenters. The van der Waals surface area contributed by atoms with E-state index in [1.165, 1.54) is 11.1 Å². The summed E-state index contributed by atoms with van der Waals surface area (Å²) >= 11 is 0. The van der Waals surface area contributed by atoms with E-state index in [0.717, 1.165) is 55.8 Å². The summed E-state index contributed by atoms with van der Waals surface area (Å²) in [4.78, 5) is 15.6. The zero-order chi connectivity index (χ0) is 20.9. The minimum absolute atomic E-state index is 0.00396. The number of aliphatic hydroxyl groups excluding tert-OH is 1. The van der Waals surface area contributed by atoms with Crippen LogP contribution in [0.3, 0.4) is 0 Å². The molecule has 2 aliphatic heterocycles. The number of likely N-dealkylation sites (tertiary alicyclic amines) is 1. The summed E-state index contributed by atoms with van der Waals surface area (Å²) in [5.74, 6) is 1.30. The Morgan fingerprint density at radius 1 is 1.30 bits per heavy atom. The van der Waals surface area contributed by atoms with Crippen LogP contribution in [0.5, 0.6) is 5.75 Å². The number of aldehydes is 1. The number of aliphatic hydroxyl groups is 1. The average molecular weight is 410 g/mol. The summed E-state index contributed by atoms with van der Waals surface area (Å²) in [6.45, 7) is 4.75. The zero-order valence-electron chi connectivity index (χ0n) is 17.6. The standard InChI is InChI=1S/C24H31N3O3/c1-2-18-5-3-4-6-23(18)27(17-29)10-9-21-13-20(15-26(21)11-12-28)19-7-8-22-24(14-19)30-16-25-22/h3-8,12,14,20-21,25,29H,2,9-11,13,15-17H2,1H3. The summed E-state index contributed by atoms with van der Waals surface area (Å²) in [6.07, 6.45) is 3.85. The lowest BCUT2D eigenvalue weighted by molar-refractivity contribution is -0.109. The van der Waals surface area contributed by atoms with Crippen molar-refractivity contribution in [2.45, 2.75) is 38.1 Å². The fraction of sp³-hybridized carbons (Fsp3) is 0.458. The van der Waals surface area contributed by atoms with Crippen molar-refractivity contribution in [1.82, 2.24) is 4.90 Å². The molecule has 160 valence electrons. The van der Waals surface area contributed by atoms with Gasteiger partial charge in [-0.3, -0.25) is 4.90 Å². The molecule has 0 bridgehead atoms. The zero-order valence-corrected chi connectivity index (χ0v) is 17.6. The minimum atomic E-state index is -0.00396. The molecule has 2 heterocycles. The Morgan fingerprint density at radius 2 is 2.17 bits per heavy atom. The van der Waals surface area contributed by atoms with Gasteiger partial charge in [0.15, 0.2) is 6.73 Å². The van der Waals surface area contributed by atoms with E-state index in [1.807, 2.05) is 17.0 Å². The smallest absolute Gasteiger partial charge is 0.159 e. The number of ether oxygens (including phenoxy) is 1. The first-order chi connectivity index (χ1) is 14.7. The molecule has 4 rings (SSSR count). The number of nitrogens with zero attached hydrogens (tertiary/aromatic N) is 2. The average Bonchev–Trinajstić information content (AvgIpc) is 3.41. The molecule has 2 aromatic carbocycles. The maximum atomic E-state index is 11.3. The number of benzene rings is 2. The number of carbonyl (C=O) groups is 1. The van der Waals surface area contributed by atoms with Gasteiger partial charge in [0.25, 0.3) is 0 Å². The second kappa shape index (κ2) is 9.49. The van der Waals surface area contributed by atoms with Crippen molar-refractivity contribution in [3.63, 3.8) is 0 Å². The van der Waals surface area contributed by atoms with Gasteiger partial charge in [-0.15, -0.1) is 0 Å². The highest BCUT2D eigenvalue weighted by Crippen LogP contribution is 2.38. The Bertz CT molecular complexity index is 873. The highest BCUT2D eigenvalue weighted by atomic mass is 16.5. The molecule has 2 aromatic rings. The topological polar surface area (TPSA) is 65.0 Å². The van der Waals surface area contributed by atoms with Gasteiger partial charge in [-0.25, -0.2) is 0 Å². The van der Waals surface area contributed by atoms with E-state index in [9.17, 15) is 9.90 Å². The molecular weight excluding hydrogens is 378 g/mol. The second-order valence-corrected chi connectivity index (χ2v) is 8.10. The molecule has 1 saturated heterocycles. The largest absolute Gasteiger partial charge is 0.471 e. The van der Waals surface area contributed by atoms with Gasteiger partial charge in [-0.2, -0.15) is 0 Å². The monoisotopic (exact) mass is 409 g/mol. The molecule has 0 aliphatic carbocycles. The number of aryl methyl sites for hydroxylation is 1. The van der Waals surface area contributed by atoms with Gasteiger partial charge < -0.3 is 24.9 Å². The number of para-hydroxylation sites is 1. The molecule has 0 radical (unpaired) electrons. The Morgan fingerprint density at radius 3 is 2.97 bits per heavy atom. The Labute approximate surface area is 178 Å². The van der Waals surface area contributed by atoms with E-state index in [-0.39, 0.29) is 6.73 Å². The van der Waals surface area contributed by atoms with Gasteiger partial charge >= 0.3 is 0 Å². The number of hydrogen-bond acceptors (Lipinski definition) is 6. The normalized spacial score (nSPS) is 20.5. The lowest BCUT2D eigenvalue weighted by atomic mass is 9.95. The van der Waals surface area contributed by atoms with Crippen LogP contribution in [0.25, 0.3) is 0 Å². The van der Waals surface area contributed by atoms with Crippen molar-refractivity contribution in [1.29, 1.82) is 0 Å². The van der Waals surface area contributed by atoms with Crippen LogP contribution in [0, 0.1) is 0 Å². The molecule has 1 fully saturated rings. The van der Waals surface area contributed by atoms with Crippen molar-refractivity contribution < 1.29 is 14.6 Å². The van der Waals surface area contributed by atoms with Crippen LogP contribution in [0.1, 0.15) is 36.8 Å². The number of hydrogen-bond donors (Lipinski definition) is 2. The lowest BCUT2D eigenvalue weighted by Gasteiger charge is -2.28. The molecule has 0 saturated carbocycles. The van der Waals surface area contributed by atoms with Gasteiger partial charge in [0.1, 0.15) is 18.8 Å². The number of rotatable bonds is 9. The Hall–Kier alpha value is -2.57.